The lowest BCUT2D eigenvalue weighted by atomic mass is 10.1. The molecular weight excluding hydrogens is 152 g/mol. The summed E-state index contributed by atoms with van der Waals surface area (Å²) in [5, 5.41) is 9.02. The average molecular weight is 164 g/mol. The third-order valence-electron chi connectivity index (χ3n) is 1.30. The Morgan fingerprint density at radius 3 is 2.11 bits per heavy atom. The van der Waals surface area contributed by atoms with Crippen LogP contribution in [0.4, 0.5) is 0 Å². The van der Waals surface area contributed by atoms with Crippen molar-refractivity contribution >= 4 is 28.2 Å². The van der Waals surface area contributed by atoms with Gasteiger partial charge in [0.25, 0.3) is 0 Å². The van der Waals surface area contributed by atoms with Crippen LogP contribution in [0.25, 0.3) is 0 Å². The van der Waals surface area contributed by atoms with Gasteiger partial charge in [-0.05, 0) is 13.2 Å². The Hall–Kier alpha value is 0.400. The third-order valence-corrected chi connectivity index (χ3v) is 2.94. The smallest absolute Gasteiger partial charge is 0.0591 e. The van der Waals surface area contributed by atoms with Gasteiger partial charge < -0.3 is 5.11 Å². The second-order valence-corrected chi connectivity index (χ2v) is 3.60. The lowest BCUT2D eigenvalue weighted by molar-refractivity contribution is 0.167. The number of hydrogen-bond acceptors (Lipinski definition) is 3. The lowest BCUT2D eigenvalue weighted by Gasteiger charge is -2.12. The molecule has 0 unspecified atom stereocenters. The highest BCUT2D eigenvalue weighted by Gasteiger charge is 2.12. The molecule has 0 radical (unpaired) electrons. The Morgan fingerprint density at radius 1 is 1.56 bits per heavy atom. The van der Waals surface area contributed by atoms with E-state index in [0.29, 0.717) is 0 Å². The monoisotopic (exact) mass is 164 g/mol. The highest BCUT2D eigenvalue weighted by molar-refractivity contribution is 8.22. The van der Waals surface area contributed by atoms with E-state index in [1.807, 2.05) is 13.2 Å². The van der Waals surface area contributed by atoms with Crippen molar-refractivity contribution in [3.8, 4) is 0 Å². The Kier molecular flexibility index (Phi) is 4.44. The Morgan fingerprint density at radius 2 is 2.00 bits per heavy atom. The molecule has 0 aliphatic carbocycles. The van der Waals surface area contributed by atoms with Gasteiger partial charge in [0.05, 0.1) is 10.3 Å². The van der Waals surface area contributed by atoms with Crippen LogP contribution in [0.3, 0.4) is 0 Å². The Bertz CT molecular complexity index is 101. The molecule has 0 spiro atoms. The summed E-state index contributed by atoms with van der Waals surface area (Å²) in [5.74, 6) is 0.134. The molecule has 3 heteroatoms. The van der Waals surface area contributed by atoms with E-state index >= 15 is 0 Å². The van der Waals surface area contributed by atoms with Crippen molar-refractivity contribution in [2.75, 3.05) is 6.26 Å². The maximum absolute atomic E-state index is 9.02. The molecular formula is C6H12OS2. The lowest BCUT2D eigenvalue weighted by Crippen LogP contribution is -2.18. The van der Waals surface area contributed by atoms with Gasteiger partial charge in [0, 0.05) is 5.92 Å². The molecule has 0 heterocycles. The van der Waals surface area contributed by atoms with Crippen molar-refractivity contribution in [3.05, 3.63) is 0 Å². The second kappa shape index (κ2) is 4.25. The first kappa shape index (κ1) is 9.40. The van der Waals surface area contributed by atoms with Crippen molar-refractivity contribution in [2.45, 2.75) is 20.0 Å². The van der Waals surface area contributed by atoms with Gasteiger partial charge in [0.1, 0.15) is 0 Å². The van der Waals surface area contributed by atoms with Gasteiger partial charge in [0.2, 0.25) is 0 Å². The molecule has 9 heavy (non-hydrogen) atoms. The summed E-state index contributed by atoms with van der Waals surface area (Å²) < 4.78 is 0.880. The maximum atomic E-state index is 9.02. The van der Waals surface area contributed by atoms with Crippen LogP contribution in [0.15, 0.2) is 0 Å². The summed E-state index contributed by atoms with van der Waals surface area (Å²) >= 11 is 6.49. The van der Waals surface area contributed by atoms with E-state index in [0.717, 1.165) is 4.20 Å². The quantitative estimate of drug-likeness (QED) is 0.627. The predicted octanol–water partition coefficient (Wildman–Crippen LogP) is 1.69. The minimum atomic E-state index is -0.315. The summed E-state index contributed by atoms with van der Waals surface area (Å²) in [6.07, 6.45) is 1.62. The van der Waals surface area contributed by atoms with E-state index < -0.39 is 0 Å². The molecule has 0 bridgehead atoms. The van der Waals surface area contributed by atoms with Crippen LogP contribution in [0.5, 0.6) is 0 Å². The zero-order valence-electron chi connectivity index (χ0n) is 5.92. The van der Waals surface area contributed by atoms with Gasteiger partial charge in [-0.3, -0.25) is 0 Å². The molecule has 0 aromatic heterocycles. The minimum absolute atomic E-state index is 0.134. The minimum Gasteiger partial charge on any atom is -0.393 e. The Labute approximate surface area is 65.8 Å². The van der Waals surface area contributed by atoms with Gasteiger partial charge >= 0.3 is 0 Å². The number of thioether (sulfide) groups is 1. The van der Waals surface area contributed by atoms with Crippen LogP contribution in [-0.2, 0) is 0 Å². The molecule has 0 rings (SSSR count). The van der Waals surface area contributed by atoms with Crippen molar-refractivity contribution in [3.63, 3.8) is 0 Å². The van der Waals surface area contributed by atoms with E-state index in [1.54, 1.807) is 6.92 Å². The molecule has 2 atom stereocenters. The van der Waals surface area contributed by atoms with E-state index in [-0.39, 0.29) is 12.0 Å². The van der Waals surface area contributed by atoms with Gasteiger partial charge in [0.15, 0.2) is 0 Å². The van der Waals surface area contributed by atoms with Crippen molar-refractivity contribution in [1.82, 2.24) is 0 Å². The first-order valence-corrected chi connectivity index (χ1v) is 4.48. The van der Waals surface area contributed by atoms with Gasteiger partial charge in [-0.2, -0.15) is 0 Å². The Balaban J connectivity index is 3.72. The molecule has 0 aliphatic rings. The van der Waals surface area contributed by atoms with Crippen molar-refractivity contribution in [2.24, 2.45) is 5.92 Å². The molecule has 0 aliphatic heterocycles. The van der Waals surface area contributed by atoms with Gasteiger partial charge in [-0.1, -0.05) is 19.1 Å². The van der Waals surface area contributed by atoms with E-state index in [4.69, 9.17) is 17.3 Å². The molecule has 0 fully saturated rings. The first-order chi connectivity index (χ1) is 4.09. The van der Waals surface area contributed by atoms with Crippen molar-refractivity contribution < 1.29 is 5.11 Å². The molecule has 0 amide bonds. The summed E-state index contributed by atoms with van der Waals surface area (Å²) in [6, 6.07) is 0. The summed E-state index contributed by atoms with van der Waals surface area (Å²) in [6.45, 7) is 3.69. The maximum Gasteiger partial charge on any atom is 0.0591 e. The second-order valence-electron chi connectivity index (χ2n) is 2.05. The number of rotatable bonds is 2. The molecule has 1 nitrogen and oxygen atoms in total. The highest BCUT2D eigenvalue weighted by Crippen LogP contribution is 2.13. The fraction of sp³-hybridized carbons (Fsp3) is 0.833. The number of thiocarbonyl (C=S) groups is 1. The molecule has 1 N–H and O–H groups in total. The van der Waals surface area contributed by atoms with Crippen LogP contribution in [0.1, 0.15) is 13.8 Å². The summed E-state index contributed by atoms with van der Waals surface area (Å²) in [4.78, 5) is 0. The molecule has 0 saturated heterocycles. The normalized spacial score (nSPS) is 16.9. The highest BCUT2D eigenvalue weighted by atomic mass is 32.2. The number of aliphatic hydroxyl groups excluding tert-OH is 1. The standard InChI is InChI=1S/C6H12OS2/c1-4(5(2)7)6(8)9-3/h4-5,7H,1-3H3/t4-,5+/m1/s1. The number of aliphatic hydroxyl groups is 1. The van der Waals surface area contributed by atoms with Crippen LogP contribution < -0.4 is 0 Å². The zero-order valence-corrected chi connectivity index (χ0v) is 7.55. The zero-order chi connectivity index (χ0) is 7.44. The molecule has 0 aromatic carbocycles. The van der Waals surface area contributed by atoms with Gasteiger partial charge in [-0.25, -0.2) is 0 Å². The summed E-state index contributed by atoms with van der Waals surface area (Å²) in [5.41, 5.74) is 0. The average Bonchev–Trinajstić information content (AvgIpc) is 1.84. The third kappa shape index (κ3) is 3.18. The largest absolute Gasteiger partial charge is 0.393 e. The van der Waals surface area contributed by atoms with E-state index in [2.05, 4.69) is 0 Å². The van der Waals surface area contributed by atoms with Crippen LogP contribution in [0, 0.1) is 5.92 Å². The van der Waals surface area contributed by atoms with Gasteiger partial charge in [-0.15, -0.1) is 11.8 Å². The van der Waals surface area contributed by atoms with Crippen LogP contribution in [0.2, 0.25) is 0 Å². The number of hydrogen-bond donors (Lipinski definition) is 1. The molecule has 0 saturated carbocycles. The van der Waals surface area contributed by atoms with Crippen LogP contribution >= 0.6 is 24.0 Å². The van der Waals surface area contributed by atoms with Crippen molar-refractivity contribution in [1.29, 1.82) is 0 Å². The topological polar surface area (TPSA) is 20.2 Å². The van der Waals surface area contributed by atoms with Crippen LogP contribution in [-0.4, -0.2) is 21.7 Å². The SMILES string of the molecule is CSC(=S)[C@H](C)[C@H](C)O. The summed E-state index contributed by atoms with van der Waals surface area (Å²) in [7, 11) is 0. The van der Waals surface area contributed by atoms with E-state index in [1.165, 1.54) is 11.8 Å². The predicted molar refractivity (Wildman–Crippen MR) is 47.0 cm³/mol. The first-order valence-electron chi connectivity index (χ1n) is 2.85. The fourth-order valence-corrected chi connectivity index (χ4v) is 1.15. The van der Waals surface area contributed by atoms with E-state index in [9.17, 15) is 0 Å². The fourth-order valence-electron chi connectivity index (χ4n) is 0.383. The molecule has 0 aromatic rings. The molecule has 54 valence electrons.